The van der Waals surface area contributed by atoms with E-state index in [9.17, 15) is 14.0 Å². The van der Waals surface area contributed by atoms with Gasteiger partial charge in [0, 0.05) is 24.0 Å². The number of nitrogens with zero attached hydrogens (tertiary/aromatic N) is 1. The number of carbonyl (C=O) groups excluding carboxylic acids is 2. The second-order valence-electron chi connectivity index (χ2n) is 8.41. The Morgan fingerprint density at radius 2 is 1.63 bits per heavy atom. The van der Waals surface area contributed by atoms with Gasteiger partial charge in [-0.3, -0.25) is 9.59 Å². The van der Waals surface area contributed by atoms with Crippen LogP contribution in [0.4, 0.5) is 4.39 Å². The molecule has 2 amide bonds. The fourth-order valence-corrected chi connectivity index (χ4v) is 3.67. The molecular formula is C28H30ClFN2O3. The first-order valence-electron chi connectivity index (χ1n) is 11.6. The number of benzene rings is 3. The third-order valence-electron chi connectivity index (χ3n) is 5.71. The minimum atomic E-state index is -0.780. The summed E-state index contributed by atoms with van der Waals surface area (Å²) < 4.78 is 19.2. The lowest BCUT2D eigenvalue weighted by Crippen LogP contribution is -2.53. The largest absolute Gasteiger partial charge is 0.484 e. The first-order chi connectivity index (χ1) is 16.9. The summed E-state index contributed by atoms with van der Waals surface area (Å²) in [6, 6.07) is 21.3. The van der Waals surface area contributed by atoms with Crippen LogP contribution in [-0.2, 0) is 22.6 Å². The Kier molecular flexibility index (Phi) is 9.67. The third-order valence-corrected chi connectivity index (χ3v) is 5.97. The zero-order valence-electron chi connectivity index (χ0n) is 19.9. The Morgan fingerprint density at radius 3 is 2.26 bits per heavy atom. The van der Waals surface area contributed by atoms with Gasteiger partial charge in [-0.05, 0) is 60.9 Å². The Balaban J connectivity index is 1.89. The van der Waals surface area contributed by atoms with Crippen molar-refractivity contribution in [1.82, 2.24) is 10.2 Å². The topological polar surface area (TPSA) is 58.6 Å². The van der Waals surface area contributed by atoms with Crippen molar-refractivity contribution >= 4 is 23.4 Å². The maximum absolute atomic E-state index is 13.5. The normalized spacial score (nSPS) is 12.5. The van der Waals surface area contributed by atoms with E-state index in [1.54, 1.807) is 36.4 Å². The summed E-state index contributed by atoms with van der Waals surface area (Å²) in [5.41, 5.74) is 1.63. The molecule has 1 N–H and O–H groups in total. The Bertz CT molecular complexity index is 1090. The van der Waals surface area contributed by atoms with E-state index in [-0.39, 0.29) is 36.8 Å². The smallest absolute Gasteiger partial charge is 0.261 e. The minimum Gasteiger partial charge on any atom is -0.484 e. The predicted molar refractivity (Wildman–Crippen MR) is 136 cm³/mol. The average Bonchev–Trinajstić information content (AvgIpc) is 2.87. The lowest BCUT2D eigenvalue weighted by Gasteiger charge is -2.32. The summed E-state index contributed by atoms with van der Waals surface area (Å²) in [5.74, 6) is -0.476. The van der Waals surface area contributed by atoms with Gasteiger partial charge in [-0.2, -0.15) is 0 Å². The number of halogens is 2. The molecule has 0 spiro atoms. The molecule has 184 valence electrons. The van der Waals surface area contributed by atoms with Crippen LogP contribution in [0.3, 0.4) is 0 Å². The van der Waals surface area contributed by atoms with Gasteiger partial charge >= 0.3 is 0 Å². The fraction of sp³-hybridized carbons (Fsp3) is 0.286. The average molecular weight is 497 g/mol. The first-order valence-corrected chi connectivity index (χ1v) is 12.0. The molecule has 0 aliphatic rings. The van der Waals surface area contributed by atoms with Crippen LogP contribution in [0, 0.1) is 5.82 Å². The van der Waals surface area contributed by atoms with Crippen LogP contribution in [0.25, 0.3) is 0 Å². The van der Waals surface area contributed by atoms with Crippen LogP contribution >= 0.6 is 11.6 Å². The molecular weight excluding hydrogens is 467 g/mol. The molecule has 0 heterocycles. The second-order valence-corrected chi connectivity index (χ2v) is 8.85. The van der Waals surface area contributed by atoms with Gasteiger partial charge in [0.15, 0.2) is 6.61 Å². The minimum absolute atomic E-state index is 0.0473. The van der Waals surface area contributed by atoms with Crippen molar-refractivity contribution in [3.05, 3.63) is 101 Å². The van der Waals surface area contributed by atoms with Crippen molar-refractivity contribution < 1.29 is 18.7 Å². The lowest BCUT2D eigenvalue weighted by atomic mass is 10.0. The van der Waals surface area contributed by atoms with Crippen LogP contribution in [0.15, 0.2) is 78.9 Å². The Hall–Kier alpha value is -3.38. The second kappa shape index (κ2) is 12.9. The molecule has 0 aliphatic carbocycles. The molecule has 3 rings (SSSR count). The molecule has 0 unspecified atom stereocenters. The molecule has 0 aliphatic heterocycles. The number of hydrogen-bond acceptors (Lipinski definition) is 3. The van der Waals surface area contributed by atoms with Crippen LogP contribution in [0.5, 0.6) is 5.75 Å². The van der Waals surface area contributed by atoms with Crippen LogP contribution in [0.1, 0.15) is 31.4 Å². The number of ether oxygens (including phenoxy) is 1. The number of rotatable bonds is 11. The highest BCUT2D eigenvalue weighted by Crippen LogP contribution is 2.18. The first kappa shape index (κ1) is 26.2. The lowest BCUT2D eigenvalue weighted by molar-refractivity contribution is -0.143. The highest BCUT2D eigenvalue weighted by atomic mass is 35.5. The van der Waals surface area contributed by atoms with Crippen LogP contribution < -0.4 is 10.1 Å². The monoisotopic (exact) mass is 496 g/mol. The Labute approximate surface area is 210 Å². The summed E-state index contributed by atoms with van der Waals surface area (Å²) in [4.78, 5) is 28.4. The van der Waals surface area contributed by atoms with E-state index in [4.69, 9.17) is 16.3 Å². The molecule has 35 heavy (non-hydrogen) atoms. The Morgan fingerprint density at radius 1 is 0.971 bits per heavy atom. The van der Waals surface area contributed by atoms with Gasteiger partial charge in [0.05, 0.1) is 0 Å². The predicted octanol–water partition coefficient (Wildman–Crippen LogP) is 5.41. The van der Waals surface area contributed by atoms with Gasteiger partial charge in [0.1, 0.15) is 17.6 Å². The van der Waals surface area contributed by atoms with Crippen molar-refractivity contribution in [2.45, 2.75) is 45.3 Å². The molecule has 7 heteroatoms. The SMILES string of the molecule is CC[C@@H](C)NC(=O)[C@@H](Cc1ccccc1)N(Cc1ccc(F)cc1)C(=O)COc1ccc(Cl)cc1. The van der Waals surface area contributed by atoms with Gasteiger partial charge in [-0.1, -0.05) is 61.0 Å². The summed E-state index contributed by atoms with van der Waals surface area (Å²) in [6.45, 7) is 3.78. The van der Waals surface area contributed by atoms with Crippen LogP contribution in [-0.4, -0.2) is 35.4 Å². The molecule has 0 aromatic heterocycles. The zero-order chi connectivity index (χ0) is 25.2. The molecule has 0 bridgehead atoms. The van der Waals surface area contributed by atoms with Crippen molar-refractivity contribution in [3.8, 4) is 5.75 Å². The zero-order valence-corrected chi connectivity index (χ0v) is 20.7. The number of carbonyl (C=O) groups is 2. The summed E-state index contributed by atoms with van der Waals surface area (Å²) in [6.07, 6.45) is 1.09. The summed E-state index contributed by atoms with van der Waals surface area (Å²) in [7, 11) is 0. The molecule has 3 aromatic rings. The molecule has 5 nitrogen and oxygen atoms in total. The number of amides is 2. The molecule has 2 atom stereocenters. The molecule has 0 fully saturated rings. The van der Waals surface area contributed by atoms with E-state index in [1.807, 2.05) is 44.2 Å². The van der Waals surface area contributed by atoms with E-state index in [0.29, 0.717) is 22.8 Å². The van der Waals surface area contributed by atoms with Gasteiger partial charge in [-0.15, -0.1) is 0 Å². The van der Waals surface area contributed by atoms with Crippen molar-refractivity contribution in [2.24, 2.45) is 0 Å². The van der Waals surface area contributed by atoms with Crippen LogP contribution in [0.2, 0.25) is 5.02 Å². The maximum Gasteiger partial charge on any atom is 0.261 e. The van der Waals surface area contributed by atoms with E-state index < -0.39 is 6.04 Å². The van der Waals surface area contributed by atoms with E-state index in [1.165, 1.54) is 17.0 Å². The van der Waals surface area contributed by atoms with E-state index in [0.717, 1.165) is 12.0 Å². The van der Waals surface area contributed by atoms with Crippen molar-refractivity contribution in [3.63, 3.8) is 0 Å². The molecule has 0 saturated carbocycles. The number of nitrogens with one attached hydrogen (secondary N) is 1. The van der Waals surface area contributed by atoms with E-state index in [2.05, 4.69) is 5.32 Å². The van der Waals surface area contributed by atoms with Crippen molar-refractivity contribution in [2.75, 3.05) is 6.61 Å². The van der Waals surface area contributed by atoms with Gasteiger partial charge in [-0.25, -0.2) is 4.39 Å². The quantitative estimate of drug-likeness (QED) is 0.386. The number of hydrogen-bond donors (Lipinski definition) is 1. The molecule has 0 radical (unpaired) electrons. The maximum atomic E-state index is 13.5. The highest BCUT2D eigenvalue weighted by molar-refractivity contribution is 6.30. The third kappa shape index (κ3) is 8.11. The summed E-state index contributed by atoms with van der Waals surface area (Å²) >= 11 is 5.93. The van der Waals surface area contributed by atoms with Gasteiger partial charge < -0.3 is 15.0 Å². The standard InChI is InChI=1S/C28H30ClFN2O3/c1-3-20(2)31-28(34)26(17-21-7-5-4-6-8-21)32(18-22-9-13-24(30)14-10-22)27(33)19-35-25-15-11-23(29)12-16-25/h4-16,20,26H,3,17-19H2,1-2H3,(H,31,34)/t20-,26-/m1/s1. The van der Waals surface area contributed by atoms with E-state index >= 15 is 0 Å². The molecule has 0 saturated heterocycles. The highest BCUT2D eigenvalue weighted by Gasteiger charge is 2.31. The van der Waals surface area contributed by atoms with Gasteiger partial charge in [0.2, 0.25) is 5.91 Å². The van der Waals surface area contributed by atoms with Crippen molar-refractivity contribution in [1.29, 1.82) is 0 Å². The fourth-order valence-electron chi connectivity index (χ4n) is 3.54. The summed E-state index contributed by atoms with van der Waals surface area (Å²) in [5, 5.41) is 3.57. The van der Waals surface area contributed by atoms with Gasteiger partial charge in [0.25, 0.3) is 5.91 Å². The molecule has 3 aromatic carbocycles.